The molecule has 1 aliphatic rings. The fraction of sp³-hybridized carbons (Fsp3) is 0.375. The number of anilines is 2. The summed E-state index contributed by atoms with van der Waals surface area (Å²) in [5.74, 6) is -1.33. The maximum atomic E-state index is 11.4. The minimum absolute atomic E-state index is 0.183. The van der Waals surface area contributed by atoms with E-state index in [0.717, 1.165) is 0 Å². The number of hydrogen-bond donors (Lipinski definition) is 2. The van der Waals surface area contributed by atoms with Crippen molar-refractivity contribution >= 4 is 23.3 Å². The van der Waals surface area contributed by atoms with Gasteiger partial charge in [-0.2, -0.15) is 0 Å². The molecule has 1 aliphatic heterocycles. The standard InChI is InChI=1S/C14H16N2O4.C2H6/c1-2-13(17)15-11-4-3-10(14(18)19)9-12(11)16-5-7-20-8-6-16;1-2/h2-4,9H,1,5-8H2,(H,15,17)(H,18,19);1-2H3. The Balaban J connectivity index is 0.00000116. The summed E-state index contributed by atoms with van der Waals surface area (Å²) in [4.78, 5) is 24.5. The Morgan fingerprint density at radius 2 is 1.95 bits per heavy atom. The van der Waals surface area contributed by atoms with E-state index in [0.29, 0.717) is 37.7 Å². The summed E-state index contributed by atoms with van der Waals surface area (Å²) in [6, 6.07) is 4.62. The smallest absolute Gasteiger partial charge is 0.335 e. The van der Waals surface area contributed by atoms with Gasteiger partial charge in [-0.25, -0.2) is 4.79 Å². The number of benzene rings is 1. The van der Waals surface area contributed by atoms with Gasteiger partial charge in [-0.05, 0) is 24.3 Å². The van der Waals surface area contributed by atoms with Crippen molar-refractivity contribution in [2.24, 2.45) is 0 Å². The molecule has 22 heavy (non-hydrogen) atoms. The summed E-state index contributed by atoms with van der Waals surface area (Å²) in [6.45, 7) is 9.86. The van der Waals surface area contributed by atoms with Gasteiger partial charge in [-0.1, -0.05) is 20.4 Å². The first-order chi connectivity index (χ1) is 10.6. The van der Waals surface area contributed by atoms with Crippen molar-refractivity contribution in [1.82, 2.24) is 0 Å². The number of carboxylic acid groups (broad SMARTS) is 1. The Morgan fingerprint density at radius 3 is 2.50 bits per heavy atom. The Morgan fingerprint density at radius 1 is 1.32 bits per heavy atom. The van der Waals surface area contributed by atoms with Gasteiger partial charge in [-0.15, -0.1) is 0 Å². The third-order valence-electron chi connectivity index (χ3n) is 3.04. The molecule has 1 aromatic carbocycles. The summed E-state index contributed by atoms with van der Waals surface area (Å²) < 4.78 is 5.28. The van der Waals surface area contributed by atoms with Gasteiger partial charge in [-0.3, -0.25) is 4.79 Å². The lowest BCUT2D eigenvalue weighted by Crippen LogP contribution is -2.36. The monoisotopic (exact) mass is 306 g/mol. The molecule has 6 nitrogen and oxygen atoms in total. The Kier molecular flexibility index (Phi) is 7.12. The molecule has 0 spiro atoms. The van der Waals surface area contributed by atoms with Gasteiger partial charge in [0.1, 0.15) is 0 Å². The number of ether oxygens (including phenoxy) is 1. The molecule has 2 rings (SSSR count). The van der Waals surface area contributed by atoms with E-state index < -0.39 is 5.97 Å². The first-order valence-electron chi connectivity index (χ1n) is 7.25. The molecule has 1 aromatic rings. The molecule has 0 bridgehead atoms. The van der Waals surface area contributed by atoms with Crippen molar-refractivity contribution in [3.8, 4) is 0 Å². The van der Waals surface area contributed by atoms with Crippen LogP contribution >= 0.6 is 0 Å². The van der Waals surface area contributed by atoms with Crippen LogP contribution in [-0.2, 0) is 9.53 Å². The molecule has 1 saturated heterocycles. The lowest BCUT2D eigenvalue weighted by atomic mass is 10.1. The lowest BCUT2D eigenvalue weighted by molar-refractivity contribution is -0.111. The third kappa shape index (κ3) is 4.60. The summed E-state index contributed by atoms with van der Waals surface area (Å²) >= 11 is 0. The number of rotatable bonds is 4. The van der Waals surface area contributed by atoms with Gasteiger partial charge in [0.05, 0.1) is 30.2 Å². The third-order valence-corrected chi connectivity index (χ3v) is 3.04. The molecule has 0 aromatic heterocycles. The van der Waals surface area contributed by atoms with Gasteiger partial charge in [0.15, 0.2) is 0 Å². The molecule has 0 atom stereocenters. The average Bonchev–Trinajstić information content (AvgIpc) is 2.57. The SMILES string of the molecule is C=CC(=O)Nc1ccc(C(=O)O)cc1N1CCOCC1.CC. The lowest BCUT2D eigenvalue weighted by Gasteiger charge is -2.30. The molecule has 0 radical (unpaired) electrons. The summed E-state index contributed by atoms with van der Waals surface area (Å²) in [7, 11) is 0. The normalized spacial score (nSPS) is 13.6. The first-order valence-corrected chi connectivity index (χ1v) is 7.25. The highest BCUT2D eigenvalue weighted by Gasteiger charge is 2.17. The van der Waals surface area contributed by atoms with Crippen LogP contribution in [0.4, 0.5) is 11.4 Å². The predicted octanol–water partition coefficient (Wildman–Crippen LogP) is 2.37. The highest BCUT2D eigenvalue weighted by atomic mass is 16.5. The van der Waals surface area contributed by atoms with Crippen molar-refractivity contribution in [1.29, 1.82) is 0 Å². The van der Waals surface area contributed by atoms with E-state index in [1.807, 2.05) is 18.7 Å². The average molecular weight is 306 g/mol. The van der Waals surface area contributed by atoms with Gasteiger partial charge < -0.3 is 20.1 Å². The quantitative estimate of drug-likeness (QED) is 0.835. The fourth-order valence-corrected chi connectivity index (χ4v) is 2.02. The van der Waals surface area contributed by atoms with Gasteiger partial charge in [0, 0.05) is 13.1 Å². The number of aromatic carboxylic acids is 1. The van der Waals surface area contributed by atoms with Crippen molar-refractivity contribution in [2.75, 3.05) is 36.5 Å². The molecule has 0 saturated carbocycles. The van der Waals surface area contributed by atoms with Crippen LogP contribution in [0.5, 0.6) is 0 Å². The molecule has 6 heteroatoms. The summed E-state index contributed by atoms with van der Waals surface area (Å²) in [6.07, 6.45) is 1.17. The minimum Gasteiger partial charge on any atom is -0.478 e. The van der Waals surface area contributed by atoms with Crippen LogP contribution < -0.4 is 10.2 Å². The molecule has 1 heterocycles. The van der Waals surface area contributed by atoms with Crippen LogP contribution in [-0.4, -0.2) is 43.3 Å². The highest BCUT2D eigenvalue weighted by Crippen LogP contribution is 2.28. The minimum atomic E-state index is -0.999. The number of amides is 1. The van der Waals surface area contributed by atoms with E-state index in [4.69, 9.17) is 9.84 Å². The van der Waals surface area contributed by atoms with Crippen molar-refractivity contribution in [3.63, 3.8) is 0 Å². The second-order valence-electron chi connectivity index (χ2n) is 4.33. The summed E-state index contributed by atoms with van der Waals surface area (Å²) in [5.41, 5.74) is 1.44. The van der Waals surface area contributed by atoms with E-state index in [1.165, 1.54) is 12.1 Å². The number of nitrogens with zero attached hydrogens (tertiary/aromatic N) is 1. The second-order valence-corrected chi connectivity index (χ2v) is 4.33. The largest absolute Gasteiger partial charge is 0.478 e. The van der Waals surface area contributed by atoms with Crippen LogP contribution in [0.2, 0.25) is 0 Å². The summed E-state index contributed by atoms with van der Waals surface area (Å²) in [5, 5.41) is 11.8. The first kappa shape index (κ1) is 17.7. The maximum absolute atomic E-state index is 11.4. The molecule has 0 unspecified atom stereocenters. The van der Waals surface area contributed by atoms with Crippen LogP contribution in [0.25, 0.3) is 0 Å². The Hall–Kier alpha value is -2.34. The van der Waals surface area contributed by atoms with Gasteiger partial charge >= 0.3 is 5.97 Å². The Labute approximate surface area is 130 Å². The van der Waals surface area contributed by atoms with Crippen LogP contribution in [0.1, 0.15) is 24.2 Å². The topological polar surface area (TPSA) is 78.9 Å². The van der Waals surface area contributed by atoms with Crippen molar-refractivity contribution in [2.45, 2.75) is 13.8 Å². The molecule has 0 aliphatic carbocycles. The molecular weight excluding hydrogens is 284 g/mol. The van der Waals surface area contributed by atoms with E-state index in [9.17, 15) is 9.59 Å². The molecule has 2 N–H and O–H groups in total. The van der Waals surface area contributed by atoms with Gasteiger partial charge in [0.25, 0.3) is 0 Å². The maximum Gasteiger partial charge on any atom is 0.335 e. The molecule has 1 fully saturated rings. The number of carbonyl (C=O) groups excluding carboxylic acids is 1. The number of morpholine rings is 1. The van der Waals surface area contributed by atoms with Crippen LogP contribution in [0.3, 0.4) is 0 Å². The zero-order chi connectivity index (χ0) is 16.5. The highest BCUT2D eigenvalue weighted by molar-refractivity contribution is 6.02. The van der Waals surface area contributed by atoms with Crippen molar-refractivity contribution in [3.05, 3.63) is 36.4 Å². The zero-order valence-electron chi connectivity index (χ0n) is 13.0. The fourth-order valence-electron chi connectivity index (χ4n) is 2.02. The van der Waals surface area contributed by atoms with E-state index in [2.05, 4.69) is 11.9 Å². The van der Waals surface area contributed by atoms with E-state index >= 15 is 0 Å². The van der Waals surface area contributed by atoms with Crippen molar-refractivity contribution < 1.29 is 19.4 Å². The van der Waals surface area contributed by atoms with Crippen LogP contribution in [0.15, 0.2) is 30.9 Å². The molecule has 1 amide bonds. The zero-order valence-corrected chi connectivity index (χ0v) is 13.0. The van der Waals surface area contributed by atoms with E-state index in [1.54, 1.807) is 12.1 Å². The Bertz CT molecular complexity index is 537. The number of hydrogen-bond acceptors (Lipinski definition) is 4. The van der Waals surface area contributed by atoms with Gasteiger partial charge in [0.2, 0.25) is 5.91 Å². The number of carboxylic acids is 1. The second kappa shape index (κ2) is 8.84. The predicted molar refractivity (Wildman–Crippen MR) is 86.6 cm³/mol. The molecular formula is C16H22N2O4. The number of carbonyl (C=O) groups is 2. The number of nitrogens with one attached hydrogen (secondary N) is 1. The van der Waals surface area contributed by atoms with Crippen LogP contribution in [0, 0.1) is 0 Å². The van der Waals surface area contributed by atoms with E-state index in [-0.39, 0.29) is 11.5 Å². The molecule has 120 valence electrons.